The largest absolute Gasteiger partial charge is 0.312 e. The maximum Gasteiger partial charge on any atom is 0.0211 e. The van der Waals surface area contributed by atoms with Gasteiger partial charge < -0.3 is 10.6 Å². The Morgan fingerprint density at radius 1 is 0.679 bits per heavy atom. The van der Waals surface area contributed by atoms with Gasteiger partial charge in [0, 0.05) is 13.1 Å². The SMILES string of the molecule is c1cc(CNCC2CCCCC2)c2ccc(CNCC3CCCCC3)cc2c1. The third kappa shape index (κ3) is 5.58. The molecule has 2 aliphatic carbocycles. The van der Waals surface area contributed by atoms with Gasteiger partial charge in [0.2, 0.25) is 0 Å². The zero-order chi connectivity index (χ0) is 19.0. The zero-order valence-electron chi connectivity index (χ0n) is 17.5. The van der Waals surface area contributed by atoms with Crippen LogP contribution in [-0.2, 0) is 13.1 Å². The summed E-state index contributed by atoms with van der Waals surface area (Å²) in [7, 11) is 0. The van der Waals surface area contributed by atoms with Crippen LogP contribution in [0.5, 0.6) is 0 Å². The van der Waals surface area contributed by atoms with E-state index in [2.05, 4.69) is 47.0 Å². The Labute approximate surface area is 171 Å². The van der Waals surface area contributed by atoms with Gasteiger partial charge >= 0.3 is 0 Å². The Bertz CT molecular complexity index is 726. The van der Waals surface area contributed by atoms with Gasteiger partial charge in [-0.1, -0.05) is 68.9 Å². The molecule has 2 fully saturated rings. The minimum Gasteiger partial charge on any atom is -0.312 e. The Morgan fingerprint density at radius 2 is 1.32 bits per heavy atom. The Morgan fingerprint density at radius 3 is 2.00 bits per heavy atom. The van der Waals surface area contributed by atoms with Gasteiger partial charge in [-0.2, -0.15) is 0 Å². The van der Waals surface area contributed by atoms with E-state index in [-0.39, 0.29) is 0 Å². The molecule has 0 aliphatic heterocycles. The predicted octanol–water partition coefficient (Wildman–Crippen LogP) is 6.18. The highest BCUT2D eigenvalue weighted by molar-refractivity contribution is 5.86. The van der Waals surface area contributed by atoms with Crippen molar-refractivity contribution in [3.63, 3.8) is 0 Å². The van der Waals surface area contributed by atoms with Gasteiger partial charge in [0.15, 0.2) is 0 Å². The van der Waals surface area contributed by atoms with Crippen molar-refractivity contribution in [3.8, 4) is 0 Å². The van der Waals surface area contributed by atoms with Gasteiger partial charge in [0.1, 0.15) is 0 Å². The molecule has 2 aromatic carbocycles. The molecule has 2 heteroatoms. The second-order valence-electron chi connectivity index (χ2n) is 9.24. The van der Waals surface area contributed by atoms with E-state index in [1.165, 1.54) is 99.2 Å². The minimum atomic E-state index is 0.894. The molecule has 0 atom stereocenters. The van der Waals surface area contributed by atoms with Crippen LogP contribution in [0.2, 0.25) is 0 Å². The van der Waals surface area contributed by atoms with E-state index in [1.54, 1.807) is 0 Å². The average molecular weight is 379 g/mol. The average Bonchev–Trinajstić information content (AvgIpc) is 2.75. The van der Waals surface area contributed by atoms with Crippen molar-refractivity contribution < 1.29 is 0 Å². The molecule has 2 saturated carbocycles. The molecule has 0 bridgehead atoms. The molecule has 2 nitrogen and oxygen atoms in total. The normalized spacial score (nSPS) is 19.3. The third-order valence-corrected chi connectivity index (χ3v) is 7.00. The number of benzene rings is 2. The molecular weight excluding hydrogens is 340 g/mol. The smallest absolute Gasteiger partial charge is 0.0211 e. The van der Waals surface area contributed by atoms with Gasteiger partial charge in [0.05, 0.1) is 0 Å². The van der Waals surface area contributed by atoms with E-state index in [9.17, 15) is 0 Å². The first kappa shape index (κ1) is 19.9. The fourth-order valence-electron chi connectivity index (χ4n) is 5.28. The van der Waals surface area contributed by atoms with Crippen LogP contribution in [0.4, 0.5) is 0 Å². The predicted molar refractivity (Wildman–Crippen MR) is 121 cm³/mol. The molecule has 0 aromatic heterocycles. The summed E-state index contributed by atoms with van der Waals surface area (Å²) in [6, 6.07) is 13.8. The summed E-state index contributed by atoms with van der Waals surface area (Å²) in [6.45, 7) is 4.35. The topological polar surface area (TPSA) is 24.1 Å². The van der Waals surface area contributed by atoms with Crippen molar-refractivity contribution in [3.05, 3.63) is 47.5 Å². The second-order valence-corrected chi connectivity index (χ2v) is 9.24. The van der Waals surface area contributed by atoms with E-state index >= 15 is 0 Å². The maximum absolute atomic E-state index is 3.74. The van der Waals surface area contributed by atoms with Crippen LogP contribution in [0.1, 0.15) is 75.3 Å². The second kappa shape index (κ2) is 10.4. The zero-order valence-corrected chi connectivity index (χ0v) is 17.5. The minimum absolute atomic E-state index is 0.894. The lowest BCUT2D eigenvalue weighted by Gasteiger charge is -2.22. The molecule has 0 amide bonds. The lowest BCUT2D eigenvalue weighted by molar-refractivity contribution is 0.342. The van der Waals surface area contributed by atoms with Crippen LogP contribution in [0.25, 0.3) is 10.8 Å². The quantitative estimate of drug-likeness (QED) is 0.573. The van der Waals surface area contributed by atoms with Gasteiger partial charge in [0.25, 0.3) is 0 Å². The summed E-state index contributed by atoms with van der Waals surface area (Å²) in [5.74, 6) is 1.79. The Kier molecular flexibility index (Phi) is 7.41. The first-order valence-corrected chi connectivity index (χ1v) is 11.8. The lowest BCUT2D eigenvalue weighted by atomic mass is 9.89. The molecule has 2 aliphatic rings. The molecule has 28 heavy (non-hydrogen) atoms. The van der Waals surface area contributed by atoms with Crippen LogP contribution in [0.15, 0.2) is 36.4 Å². The summed E-state index contributed by atoms with van der Waals surface area (Å²) in [6.07, 6.45) is 14.3. The van der Waals surface area contributed by atoms with E-state index in [0.29, 0.717) is 0 Å². The molecule has 152 valence electrons. The fraction of sp³-hybridized carbons (Fsp3) is 0.615. The van der Waals surface area contributed by atoms with Crippen molar-refractivity contribution >= 4 is 10.8 Å². The van der Waals surface area contributed by atoms with Crippen LogP contribution in [0, 0.1) is 11.8 Å². The molecule has 2 aromatic rings. The summed E-state index contributed by atoms with van der Waals surface area (Å²) in [4.78, 5) is 0. The molecule has 4 rings (SSSR count). The van der Waals surface area contributed by atoms with E-state index in [0.717, 1.165) is 24.9 Å². The van der Waals surface area contributed by atoms with Crippen molar-refractivity contribution in [1.82, 2.24) is 10.6 Å². The van der Waals surface area contributed by atoms with Crippen LogP contribution < -0.4 is 10.6 Å². The van der Waals surface area contributed by atoms with Gasteiger partial charge in [-0.3, -0.25) is 0 Å². The van der Waals surface area contributed by atoms with Crippen LogP contribution in [-0.4, -0.2) is 13.1 Å². The fourth-order valence-corrected chi connectivity index (χ4v) is 5.28. The first-order valence-electron chi connectivity index (χ1n) is 11.8. The monoisotopic (exact) mass is 378 g/mol. The lowest BCUT2D eigenvalue weighted by Crippen LogP contribution is -2.24. The van der Waals surface area contributed by atoms with Gasteiger partial charge in [-0.05, 0) is 78.6 Å². The molecule has 0 heterocycles. The standard InChI is InChI=1S/C26H38N2/c1-3-8-21(9-4-1)17-27-19-23-14-15-26-24(16-23)12-7-13-25(26)20-28-18-22-10-5-2-6-11-22/h7,12-16,21-22,27-28H,1-6,8-11,17-20H2. The van der Waals surface area contributed by atoms with Gasteiger partial charge in [-0.15, -0.1) is 0 Å². The summed E-state index contributed by atoms with van der Waals surface area (Å²) in [5.41, 5.74) is 2.85. The molecule has 2 N–H and O–H groups in total. The number of nitrogens with one attached hydrogen (secondary N) is 2. The molecule has 0 unspecified atom stereocenters. The van der Waals surface area contributed by atoms with E-state index in [4.69, 9.17) is 0 Å². The summed E-state index contributed by atoms with van der Waals surface area (Å²) < 4.78 is 0. The Hall–Kier alpha value is -1.38. The third-order valence-electron chi connectivity index (χ3n) is 7.00. The van der Waals surface area contributed by atoms with Crippen LogP contribution in [0.3, 0.4) is 0 Å². The number of rotatable bonds is 8. The molecule has 0 saturated heterocycles. The first-order chi connectivity index (χ1) is 13.9. The highest BCUT2D eigenvalue weighted by Crippen LogP contribution is 2.25. The molecular formula is C26H38N2. The van der Waals surface area contributed by atoms with E-state index < -0.39 is 0 Å². The number of hydrogen-bond donors (Lipinski definition) is 2. The van der Waals surface area contributed by atoms with E-state index in [1.807, 2.05) is 0 Å². The van der Waals surface area contributed by atoms with Crippen molar-refractivity contribution in [2.75, 3.05) is 13.1 Å². The van der Waals surface area contributed by atoms with Gasteiger partial charge in [-0.25, -0.2) is 0 Å². The summed E-state index contributed by atoms with van der Waals surface area (Å²) >= 11 is 0. The number of fused-ring (bicyclic) bond motifs is 1. The maximum atomic E-state index is 3.74. The highest BCUT2D eigenvalue weighted by Gasteiger charge is 2.14. The molecule has 0 spiro atoms. The van der Waals surface area contributed by atoms with Crippen molar-refractivity contribution in [2.45, 2.75) is 77.3 Å². The van der Waals surface area contributed by atoms with Crippen LogP contribution >= 0.6 is 0 Å². The van der Waals surface area contributed by atoms with Crippen molar-refractivity contribution in [2.24, 2.45) is 11.8 Å². The highest BCUT2D eigenvalue weighted by atomic mass is 14.9. The van der Waals surface area contributed by atoms with Crippen molar-refractivity contribution in [1.29, 1.82) is 0 Å². The summed E-state index contributed by atoms with van der Waals surface area (Å²) in [5, 5.41) is 10.2. The number of hydrogen-bond acceptors (Lipinski definition) is 2. The Balaban J connectivity index is 1.30. The molecule has 0 radical (unpaired) electrons.